The minimum Gasteiger partial charge on any atom is -0.398 e. The number of nitrogen functional groups attached to an aromatic ring is 1. The summed E-state index contributed by atoms with van der Waals surface area (Å²) in [6, 6.07) is 4.97. The van der Waals surface area contributed by atoms with Gasteiger partial charge in [0.1, 0.15) is 5.82 Å². The summed E-state index contributed by atoms with van der Waals surface area (Å²) in [6.07, 6.45) is 5.19. The van der Waals surface area contributed by atoms with Crippen molar-refractivity contribution in [3.05, 3.63) is 29.6 Å². The van der Waals surface area contributed by atoms with E-state index >= 15 is 0 Å². The van der Waals surface area contributed by atoms with Gasteiger partial charge in [0.2, 0.25) is 0 Å². The summed E-state index contributed by atoms with van der Waals surface area (Å²) in [6.45, 7) is 6.60. The van der Waals surface area contributed by atoms with E-state index in [-0.39, 0.29) is 5.82 Å². The Morgan fingerprint density at radius 1 is 1.05 bits per heavy atom. The Kier molecular flexibility index (Phi) is 4.76. The number of rotatable bonds is 4. The molecular formula is C17H26FN3. The lowest BCUT2D eigenvalue weighted by Crippen LogP contribution is -2.38. The van der Waals surface area contributed by atoms with Gasteiger partial charge in [0, 0.05) is 24.3 Å². The van der Waals surface area contributed by atoms with Crippen molar-refractivity contribution in [3.63, 3.8) is 0 Å². The minimum atomic E-state index is -0.172. The van der Waals surface area contributed by atoms with Crippen molar-refractivity contribution in [1.82, 2.24) is 9.80 Å². The maximum atomic E-state index is 13.8. The smallest absolute Gasteiger partial charge is 0.129 e. The van der Waals surface area contributed by atoms with Crippen LogP contribution in [0.3, 0.4) is 0 Å². The lowest BCUT2D eigenvalue weighted by atomic mass is 9.95. The van der Waals surface area contributed by atoms with E-state index in [1.54, 1.807) is 12.1 Å². The molecule has 0 saturated carbocycles. The van der Waals surface area contributed by atoms with Gasteiger partial charge in [-0.05, 0) is 69.9 Å². The Hall–Kier alpha value is -1.13. The van der Waals surface area contributed by atoms with Crippen molar-refractivity contribution in [2.24, 2.45) is 5.92 Å². The largest absolute Gasteiger partial charge is 0.398 e. The Balaban J connectivity index is 1.49. The molecule has 3 rings (SSSR count). The molecule has 2 aliphatic rings. The second kappa shape index (κ2) is 6.75. The fraction of sp³-hybridized carbons (Fsp3) is 0.647. The van der Waals surface area contributed by atoms with Crippen molar-refractivity contribution in [2.75, 3.05) is 38.5 Å². The van der Waals surface area contributed by atoms with Crippen LogP contribution in [0.25, 0.3) is 0 Å². The standard InChI is InChI=1S/C17H26FN3/c18-16-4-3-5-17(19)15(16)13-21-10-6-14(7-11-21)12-20-8-1-2-9-20/h3-5,14H,1-2,6-13,19H2. The second-order valence-corrected chi connectivity index (χ2v) is 6.53. The molecule has 0 spiro atoms. The van der Waals surface area contributed by atoms with Gasteiger partial charge in [-0.25, -0.2) is 4.39 Å². The van der Waals surface area contributed by atoms with Crippen LogP contribution in [0.15, 0.2) is 18.2 Å². The number of nitrogens with zero attached hydrogens (tertiary/aromatic N) is 2. The van der Waals surface area contributed by atoms with Gasteiger partial charge in [-0.3, -0.25) is 4.90 Å². The molecule has 0 aliphatic carbocycles. The first-order valence-corrected chi connectivity index (χ1v) is 8.20. The highest BCUT2D eigenvalue weighted by Gasteiger charge is 2.23. The number of piperidine rings is 1. The molecule has 2 fully saturated rings. The molecule has 0 radical (unpaired) electrons. The number of anilines is 1. The van der Waals surface area contributed by atoms with E-state index < -0.39 is 0 Å². The predicted molar refractivity (Wildman–Crippen MR) is 84.5 cm³/mol. The minimum absolute atomic E-state index is 0.172. The molecule has 2 heterocycles. The van der Waals surface area contributed by atoms with E-state index in [0.29, 0.717) is 17.8 Å². The van der Waals surface area contributed by atoms with E-state index in [9.17, 15) is 4.39 Å². The number of hydrogen-bond donors (Lipinski definition) is 1. The van der Waals surface area contributed by atoms with E-state index in [2.05, 4.69) is 9.80 Å². The summed E-state index contributed by atoms with van der Waals surface area (Å²) >= 11 is 0. The first-order valence-electron chi connectivity index (χ1n) is 8.20. The van der Waals surface area contributed by atoms with Gasteiger partial charge in [0.05, 0.1) is 0 Å². The lowest BCUT2D eigenvalue weighted by molar-refractivity contribution is 0.148. The monoisotopic (exact) mass is 291 g/mol. The first kappa shape index (κ1) is 14.8. The van der Waals surface area contributed by atoms with Gasteiger partial charge in [-0.15, -0.1) is 0 Å². The van der Waals surface area contributed by atoms with Gasteiger partial charge in [0.25, 0.3) is 0 Å². The van der Waals surface area contributed by atoms with Crippen LogP contribution in [0, 0.1) is 11.7 Å². The van der Waals surface area contributed by atoms with Crippen LogP contribution in [0.2, 0.25) is 0 Å². The molecule has 4 heteroatoms. The molecule has 3 nitrogen and oxygen atoms in total. The summed E-state index contributed by atoms with van der Waals surface area (Å²) in [7, 11) is 0. The van der Waals surface area contributed by atoms with Crippen molar-refractivity contribution in [2.45, 2.75) is 32.2 Å². The van der Waals surface area contributed by atoms with Crippen LogP contribution in [0.4, 0.5) is 10.1 Å². The van der Waals surface area contributed by atoms with Crippen molar-refractivity contribution < 1.29 is 4.39 Å². The van der Waals surface area contributed by atoms with E-state index in [1.165, 1.54) is 51.4 Å². The van der Waals surface area contributed by atoms with E-state index in [1.807, 2.05) is 0 Å². The van der Waals surface area contributed by atoms with Crippen LogP contribution in [-0.2, 0) is 6.54 Å². The molecule has 0 amide bonds. The molecule has 0 bridgehead atoms. The third-order valence-corrected chi connectivity index (χ3v) is 4.96. The predicted octanol–water partition coefficient (Wildman–Crippen LogP) is 2.72. The maximum absolute atomic E-state index is 13.8. The molecule has 0 aromatic heterocycles. The Labute approximate surface area is 126 Å². The number of hydrogen-bond acceptors (Lipinski definition) is 3. The second-order valence-electron chi connectivity index (χ2n) is 6.53. The van der Waals surface area contributed by atoms with Crippen LogP contribution < -0.4 is 5.73 Å². The summed E-state index contributed by atoms with van der Waals surface area (Å²) in [5.74, 6) is 0.645. The topological polar surface area (TPSA) is 32.5 Å². The fourth-order valence-corrected chi connectivity index (χ4v) is 3.62. The molecule has 2 saturated heterocycles. The lowest BCUT2D eigenvalue weighted by Gasteiger charge is -2.34. The first-order chi connectivity index (χ1) is 10.2. The molecular weight excluding hydrogens is 265 g/mol. The third kappa shape index (κ3) is 3.74. The Morgan fingerprint density at radius 3 is 2.43 bits per heavy atom. The zero-order valence-electron chi connectivity index (χ0n) is 12.7. The van der Waals surface area contributed by atoms with Gasteiger partial charge in [-0.2, -0.15) is 0 Å². The van der Waals surface area contributed by atoms with Gasteiger partial charge in [0.15, 0.2) is 0 Å². The van der Waals surface area contributed by atoms with Crippen LogP contribution in [-0.4, -0.2) is 42.5 Å². The molecule has 0 unspecified atom stereocenters. The van der Waals surface area contributed by atoms with Gasteiger partial charge >= 0.3 is 0 Å². The maximum Gasteiger partial charge on any atom is 0.129 e. The van der Waals surface area contributed by atoms with E-state index in [4.69, 9.17) is 5.73 Å². The Morgan fingerprint density at radius 2 is 1.76 bits per heavy atom. The average Bonchev–Trinajstić information content (AvgIpc) is 2.98. The number of halogens is 1. The Bertz CT molecular complexity index is 443. The molecule has 21 heavy (non-hydrogen) atoms. The summed E-state index contributed by atoms with van der Waals surface area (Å²) < 4.78 is 13.8. The molecule has 116 valence electrons. The zero-order valence-corrected chi connectivity index (χ0v) is 12.7. The SMILES string of the molecule is Nc1cccc(F)c1CN1CCC(CN2CCCC2)CC1. The molecule has 0 atom stereocenters. The number of benzene rings is 1. The van der Waals surface area contributed by atoms with Crippen molar-refractivity contribution in [3.8, 4) is 0 Å². The van der Waals surface area contributed by atoms with Crippen molar-refractivity contribution in [1.29, 1.82) is 0 Å². The van der Waals surface area contributed by atoms with Gasteiger partial charge < -0.3 is 10.6 Å². The summed E-state index contributed by atoms with van der Waals surface area (Å²) in [5.41, 5.74) is 7.14. The average molecular weight is 291 g/mol. The summed E-state index contributed by atoms with van der Waals surface area (Å²) in [5, 5.41) is 0. The van der Waals surface area contributed by atoms with E-state index in [0.717, 1.165) is 19.0 Å². The highest BCUT2D eigenvalue weighted by molar-refractivity contribution is 5.47. The zero-order chi connectivity index (χ0) is 14.7. The van der Waals surface area contributed by atoms with Crippen LogP contribution >= 0.6 is 0 Å². The number of nitrogens with two attached hydrogens (primary N) is 1. The molecule has 1 aromatic carbocycles. The third-order valence-electron chi connectivity index (χ3n) is 4.96. The fourth-order valence-electron chi connectivity index (χ4n) is 3.62. The van der Waals surface area contributed by atoms with Crippen LogP contribution in [0.1, 0.15) is 31.2 Å². The molecule has 2 N–H and O–H groups in total. The van der Waals surface area contributed by atoms with Crippen LogP contribution in [0.5, 0.6) is 0 Å². The highest BCUT2D eigenvalue weighted by atomic mass is 19.1. The molecule has 1 aromatic rings. The molecule has 2 aliphatic heterocycles. The highest BCUT2D eigenvalue weighted by Crippen LogP contribution is 2.24. The quantitative estimate of drug-likeness (QED) is 0.866. The summed E-state index contributed by atoms with van der Waals surface area (Å²) in [4.78, 5) is 4.95. The van der Waals surface area contributed by atoms with Crippen molar-refractivity contribution >= 4 is 5.69 Å². The number of likely N-dealkylation sites (tertiary alicyclic amines) is 2. The normalized spacial score (nSPS) is 22.0. The van der Waals surface area contributed by atoms with Gasteiger partial charge in [-0.1, -0.05) is 6.07 Å².